The van der Waals surface area contributed by atoms with E-state index in [0.29, 0.717) is 11.6 Å². The van der Waals surface area contributed by atoms with E-state index in [9.17, 15) is 14.7 Å². The van der Waals surface area contributed by atoms with Crippen LogP contribution in [0.15, 0.2) is 42.5 Å². The average Bonchev–Trinajstić information content (AvgIpc) is 3.00. The van der Waals surface area contributed by atoms with E-state index in [4.69, 9.17) is 11.6 Å². The summed E-state index contributed by atoms with van der Waals surface area (Å²) in [6, 6.07) is 12.2. The Balaban J connectivity index is 1.76. The molecule has 0 aromatic heterocycles. The smallest absolute Gasteiger partial charge is 0.229 e. The van der Waals surface area contributed by atoms with E-state index in [2.05, 4.69) is 5.32 Å². The van der Waals surface area contributed by atoms with E-state index in [1.54, 1.807) is 4.90 Å². The maximum atomic E-state index is 12.5. The Morgan fingerprint density at radius 2 is 2.08 bits per heavy atom. The van der Waals surface area contributed by atoms with Crippen molar-refractivity contribution >= 4 is 34.8 Å². The van der Waals surface area contributed by atoms with Gasteiger partial charge in [0.15, 0.2) is 0 Å². The lowest BCUT2D eigenvalue weighted by Crippen LogP contribution is -2.28. The molecule has 6 heteroatoms. The predicted molar refractivity (Wildman–Crippen MR) is 98.0 cm³/mol. The second kappa shape index (κ2) is 7.15. The van der Waals surface area contributed by atoms with Crippen LogP contribution in [-0.4, -0.2) is 23.5 Å². The summed E-state index contributed by atoms with van der Waals surface area (Å²) in [5.41, 5.74) is 2.18. The Morgan fingerprint density at radius 1 is 1.32 bits per heavy atom. The summed E-state index contributed by atoms with van der Waals surface area (Å²) in [5, 5.41) is 12.9. The minimum absolute atomic E-state index is 0.0599. The average molecular weight is 359 g/mol. The molecule has 0 aliphatic carbocycles. The lowest BCUT2D eigenvalue weighted by atomic mass is 10.1. The Labute approximate surface area is 151 Å². The van der Waals surface area contributed by atoms with Crippen molar-refractivity contribution in [3.05, 3.63) is 53.1 Å². The molecule has 1 unspecified atom stereocenters. The van der Waals surface area contributed by atoms with Gasteiger partial charge in [0, 0.05) is 23.7 Å². The van der Waals surface area contributed by atoms with Gasteiger partial charge in [0.05, 0.1) is 11.6 Å². The number of aromatic hydroxyl groups is 1. The van der Waals surface area contributed by atoms with Gasteiger partial charge in [-0.15, -0.1) is 0 Å². The van der Waals surface area contributed by atoms with Gasteiger partial charge in [-0.3, -0.25) is 9.59 Å². The molecule has 1 saturated heterocycles. The number of nitrogens with one attached hydrogen (secondary N) is 1. The van der Waals surface area contributed by atoms with Crippen molar-refractivity contribution in [2.75, 3.05) is 16.8 Å². The van der Waals surface area contributed by atoms with Gasteiger partial charge in [-0.25, -0.2) is 0 Å². The van der Waals surface area contributed by atoms with Crippen LogP contribution in [0.1, 0.15) is 18.9 Å². The predicted octanol–water partition coefficient (Wildman–Crippen LogP) is 3.60. The highest BCUT2D eigenvalue weighted by atomic mass is 35.5. The van der Waals surface area contributed by atoms with Gasteiger partial charge >= 0.3 is 0 Å². The zero-order chi connectivity index (χ0) is 18.0. The molecule has 0 radical (unpaired) electrons. The van der Waals surface area contributed by atoms with Crippen LogP contribution in [0.25, 0.3) is 0 Å². The Kier molecular flexibility index (Phi) is 4.95. The molecule has 0 bridgehead atoms. The molecule has 130 valence electrons. The number of hydrogen-bond donors (Lipinski definition) is 2. The first-order chi connectivity index (χ1) is 12.0. The lowest BCUT2D eigenvalue weighted by molar-refractivity contribution is -0.122. The molecule has 25 heavy (non-hydrogen) atoms. The number of para-hydroxylation sites is 1. The molecule has 1 fully saturated rings. The maximum Gasteiger partial charge on any atom is 0.229 e. The molecule has 2 N–H and O–H groups in total. The van der Waals surface area contributed by atoms with Gasteiger partial charge in [0.1, 0.15) is 5.75 Å². The van der Waals surface area contributed by atoms with Gasteiger partial charge in [0.2, 0.25) is 11.8 Å². The number of anilines is 2. The normalized spacial score (nSPS) is 17.0. The van der Waals surface area contributed by atoms with Crippen LogP contribution in [0.4, 0.5) is 11.4 Å². The third-order valence-electron chi connectivity index (χ3n) is 4.38. The number of carbonyl (C=O) groups is 2. The Bertz CT molecular complexity index is 822. The molecule has 1 aliphatic heterocycles. The topological polar surface area (TPSA) is 69.6 Å². The monoisotopic (exact) mass is 358 g/mol. The second-order valence-electron chi connectivity index (χ2n) is 6.04. The largest absolute Gasteiger partial charge is 0.506 e. The summed E-state index contributed by atoms with van der Waals surface area (Å²) >= 11 is 5.89. The van der Waals surface area contributed by atoms with Crippen molar-refractivity contribution in [1.29, 1.82) is 0 Å². The van der Waals surface area contributed by atoms with E-state index in [1.807, 2.05) is 31.2 Å². The number of hydrogen-bond acceptors (Lipinski definition) is 3. The van der Waals surface area contributed by atoms with Crippen LogP contribution in [-0.2, 0) is 16.0 Å². The number of benzene rings is 2. The summed E-state index contributed by atoms with van der Waals surface area (Å²) in [6.45, 7) is 2.36. The zero-order valence-electron chi connectivity index (χ0n) is 13.8. The van der Waals surface area contributed by atoms with E-state index in [0.717, 1.165) is 17.7 Å². The molecule has 1 aliphatic rings. The standard InChI is InChI=1S/C19H19ClN2O3/c1-2-12-5-3-4-6-16(12)22-11-13(9-18(22)24)19(25)21-15-10-14(20)7-8-17(15)23/h3-8,10,13,23H,2,9,11H2,1H3,(H,21,25). The first-order valence-electron chi connectivity index (χ1n) is 8.17. The zero-order valence-corrected chi connectivity index (χ0v) is 14.6. The molecule has 0 saturated carbocycles. The molecule has 0 spiro atoms. The van der Waals surface area contributed by atoms with Crippen LogP contribution >= 0.6 is 11.6 Å². The highest BCUT2D eigenvalue weighted by Crippen LogP contribution is 2.31. The third kappa shape index (κ3) is 3.61. The van der Waals surface area contributed by atoms with Gasteiger partial charge in [-0.1, -0.05) is 36.7 Å². The fraction of sp³-hybridized carbons (Fsp3) is 0.263. The number of phenolic OH excluding ortho intramolecular Hbond substituents is 1. The van der Waals surface area contributed by atoms with Crippen molar-refractivity contribution in [3.8, 4) is 5.75 Å². The second-order valence-corrected chi connectivity index (χ2v) is 6.47. The molecule has 5 nitrogen and oxygen atoms in total. The molecule has 1 atom stereocenters. The number of rotatable bonds is 4. The van der Waals surface area contributed by atoms with Gasteiger partial charge in [-0.05, 0) is 36.2 Å². The summed E-state index contributed by atoms with van der Waals surface area (Å²) in [5.74, 6) is -0.912. The summed E-state index contributed by atoms with van der Waals surface area (Å²) < 4.78 is 0. The summed E-state index contributed by atoms with van der Waals surface area (Å²) in [7, 11) is 0. The number of halogens is 1. The molecular formula is C19H19ClN2O3. The van der Waals surface area contributed by atoms with Gasteiger partial charge in [-0.2, -0.15) is 0 Å². The van der Waals surface area contributed by atoms with Crippen molar-refractivity contribution in [1.82, 2.24) is 0 Å². The van der Waals surface area contributed by atoms with Gasteiger partial charge < -0.3 is 15.3 Å². The Hall–Kier alpha value is -2.53. The SMILES string of the molecule is CCc1ccccc1N1CC(C(=O)Nc2cc(Cl)ccc2O)CC1=O. The molecule has 2 amide bonds. The highest BCUT2D eigenvalue weighted by molar-refractivity contribution is 6.31. The van der Waals surface area contributed by atoms with Gasteiger partial charge in [0.25, 0.3) is 0 Å². The van der Waals surface area contributed by atoms with Crippen molar-refractivity contribution in [2.45, 2.75) is 19.8 Å². The fourth-order valence-corrected chi connectivity index (χ4v) is 3.20. The molecule has 2 aromatic rings. The summed E-state index contributed by atoms with van der Waals surface area (Å²) in [6.07, 6.45) is 0.957. The first kappa shape index (κ1) is 17.3. The highest BCUT2D eigenvalue weighted by Gasteiger charge is 2.36. The number of carbonyl (C=O) groups excluding carboxylic acids is 2. The van der Waals surface area contributed by atoms with Crippen LogP contribution in [0, 0.1) is 5.92 Å². The Morgan fingerprint density at radius 3 is 2.84 bits per heavy atom. The quantitative estimate of drug-likeness (QED) is 0.820. The summed E-state index contributed by atoms with van der Waals surface area (Å²) in [4.78, 5) is 26.6. The third-order valence-corrected chi connectivity index (χ3v) is 4.61. The molecular weight excluding hydrogens is 340 g/mol. The number of nitrogens with zero attached hydrogens (tertiary/aromatic N) is 1. The minimum atomic E-state index is -0.476. The number of phenols is 1. The lowest BCUT2D eigenvalue weighted by Gasteiger charge is -2.20. The molecule has 3 rings (SSSR count). The maximum absolute atomic E-state index is 12.5. The van der Waals surface area contributed by atoms with E-state index >= 15 is 0 Å². The van der Waals surface area contributed by atoms with E-state index < -0.39 is 5.92 Å². The number of amides is 2. The van der Waals surface area contributed by atoms with Crippen LogP contribution in [0.3, 0.4) is 0 Å². The van der Waals surface area contributed by atoms with Crippen LogP contribution < -0.4 is 10.2 Å². The number of aryl methyl sites for hydroxylation is 1. The minimum Gasteiger partial charge on any atom is -0.506 e. The van der Waals surface area contributed by atoms with Crippen LogP contribution in [0.2, 0.25) is 5.02 Å². The molecule has 2 aromatic carbocycles. The van der Waals surface area contributed by atoms with Crippen molar-refractivity contribution in [2.24, 2.45) is 5.92 Å². The van der Waals surface area contributed by atoms with E-state index in [1.165, 1.54) is 18.2 Å². The van der Waals surface area contributed by atoms with Crippen molar-refractivity contribution in [3.63, 3.8) is 0 Å². The molecule has 1 heterocycles. The van der Waals surface area contributed by atoms with Crippen molar-refractivity contribution < 1.29 is 14.7 Å². The fourth-order valence-electron chi connectivity index (χ4n) is 3.03. The first-order valence-corrected chi connectivity index (χ1v) is 8.55. The van der Waals surface area contributed by atoms with E-state index in [-0.39, 0.29) is 29.7 Å². The van der Waals surface area contributed by atoms with Crippen LogP contribution in [0.5, 0.6) is 5.75 Å².